The third-order valence-corrected chi connectivity index (χ3v) is 6.55. The summed E-state index contributed by atoms with van der Waals surface area (Å²) in [4.78, 5) is 14.9. The van der Waals surface area contributed by atoms with Gasteiger partial charge in [0.2, 0.25) is 0 Å². The third-order valence-electron chi connectivity index (χ3n) is 6.55. The number of nitrogens with zero attached hydrogens (tertiary/aromatic N) is 5. The van der Waals surface area contributed by atoms with Gasteiger partial charge in [0.15, 0.2) is 0 Å². The lowest BCUT2D eigenvalue weighted by Gasteiger charge is -2.44. The van der Waals surface area contributed by atoms with E-state index in [2.05, 4.69) is 15.5 Å². The number of amides is 1. The molecule has 0 unspecified atom stereocenters. The minimum Gasteiger partial charge on any atom is -0.507 e. The highest BCUT2D eigenvalue weighted by Crippen LogP contribution is 2.52. The number of aromatic hydroxyl groups is 1. The zero-order chi connectivity index (χ0) is 17.0. The zero-order valence-corrected chi connectivity index (χ0v) is 14.0. The topological polar surface area (TPSA) is 84.1 Å². The van der Waals surface area contributed by atoms with Crippen molar-refractivity contribution in [3.05, 3.63) is 30.1 Å². The Kier molecular flexibility index (Phi) is 3.29. The molecule has 1 amide bonds. The number of likely N-dealkylation sites (tertiary alicyclic amines) is 1. The minimum atomic E-state index is -0.0606. The summed E-state index contributed by atoms with van der Waals surface area (Å²) in [5, 5.41) is 21.3. The lowest BCUT2D eigenvalue weighted by molar-refractivity contribution is 0.0577. The highest BCUT2D eigenvalue weighted by molar-refractivity contribution is 5.97. The monoisotopic (exact) mass is 339 g/mol. The number of benzene rings is 1. The fraction of sp³-hybridized carbons (Fsp3) is 0.556. The second kappa shape index (κ2) is 5.54. The minimum absolute atomic E-state index is 0.0177. The summed E-state index contributed by atoms with van der Waals surface area (Å²) in [6.07, 6.45) is 6.79. The number of fused-ring (bicyclic) bond motifs is 2. The first-order valence-electron chi connectivity index (χ1n) is 9.06. The van der Waals surface area contributed by atoms with Crippen LogP contribution in [0.15, 0.2) is 24.5 Å². The van der Waals surface area contributed by atoms with Crippen LogP contribution in [-0.4, -0.2) is 49.2 Å². The highest BCUT2D eigenvalue weighted by Gasteiger charge is 2.49. The number of phenols is 1. The maximum absolute atomic E-state index is 13.0. The second-order valence-corrected chi connectivity index (χ2v) is 7.67. The number of rotatable bonds is 2. The molecule has 4 fully saturated rings. The van der Waals surface area contributed by atoms with Crippen LogP contribution in [0.25, 0.3) is 5.69 Å². The Morgan fingerprint density at radius 3 is 2.32 bits per heavy atom. The van der Waals surface area contributed by atoms with Crippen molar-refractivity contribution in [2.24, 2.45) is 23.7 Å². The molecular formula is C18H21N5O2. The molecule has 2 atom stereocenters. The first-order valence-corrected chi connectivity index (χ1v) is 9.06. The number of carbonyl (C=O) groups is 1. The molecule has 2 bridgehead atoms. The predicted molar refractivity (Wildman–Crippen MR) is 89.2 cm³/mol. The van der Waals surface area contributed by atoms with E-state index < -0.39 is 0 Å². The number of aromatic nitrogens is 4. The van der Waals surface area contributed by atoms with E-state index in [1.807, 2.05) is 4.90 Å². The molecule has 1 N–H and O–H groups in total. The molecule has 2 heterocycles. The molecule has 4 aliphatic rings. The van der Waals surface area contributed by atoms with E-state index in [4.69, 9.17) is 0 Å². The number of carbonyl (C=O) groups excluding carboxylic acids is 1. The Labute approximate surface area is 145 Å². The van der Waals surface area contributed by atoms with Gasteiger partial charge >= 0.3 is 0 Å². The summed E-state index contributed by atoms with van der Waals surface area (Å²) in [6.45, 7) is 1.69. The van der Waals surface area contributed by atoms with Gasteiger partial charge in [-0.1, -0.05) is 0 Å². The fourth-order valence-corrected chi connectivity index (χ4v) is 5.31. The van der Waals surface area contributed by atoms with Gasteiger partial charge in [-0.15, -0.1) is 5.10 Å². The highest BCUT2D eigenvalue weighted by atomic mass is 16.3. The molecule has 0 radical (unpaired) electrons. The van der Waals surface area contributed by atoms with Gasteiger partial charge in [-0.2, -0.15) is 0 Å². The van der Waals surface area contributed by atoms with E-state index >= 15 is 0 Å². The zero-order valence-electron chi connectivity index (χ0n) is 14.0. The Morgan fingerprint density at radius 1 is 1.08 bits per heavy atom. The van der Waals surface area contributed by atoms with E-state index in [9.17, 15) is 9.90 Å². The van der Waals surface area contributed by atoms with Gasteiger partial charge in [0, 0.05) is 19.2 Å². The molecule has 7 nitrogen and oxygen atoms in total. The van der Waals surface area contributed by atoms with Crippen molar-refractivity contribution in [1.82, 2.24) is 25.1 Å². The largest absolute Gasteiger partial charge is 0.507 e. The van der Waals surface area contributed by atoms with Crippen LogP contribution in [0.3, 0.4) is 0 Å². The van der Waals surface area contributed by atoms with Crippen LogP contribution in [0.4, 0.5) is 0 Å². The van der Waals surface area contributed by atoms with Crippen LogP contribution < -0.4 is 0 Å². The van der Waals surface area contributed by atoms with Crippen molar-refractivity contribution >= 4 is 5.91 Å². The van der Waals surface area contributed by atoms with Gasteiger partial charge in [0.05, 0.1) is 11.3 Å². The van der Waals surface area contributed by atoms with Crippen molar-refractivity contribution in [2.45, 2.75) is 25.7 Å². The summed E-state index contributed by atoms with van der Waals surface area (Å²) in [5.41, 5.74) is 0.995. The van der Waals surface area contributed by atoms with Crippen LogP contribution in [0.5, 0.6) is 5.75 Å². The van der Waals surface area contributed by atoms with Crippen molar-refractivity contribution in [3.8, 4) is 11.4 Å². The summed E-state index contributed by atoms with van der Waals surface area (Å²) < 4.78 is 1.45. The smallest absolute Gasteiger partial charge is 0.257 e. The van der Waals surface area contributed by atoms with E-state index in [1.165, 1.54) is 42.8 Å². The van der Waals surface area contributed by atoms with Crippen LogP contribution in [0.1, 0.15) is 36.0 Å². The van der Waals surface area contributed by atoms with E-state index in [0.717, 1.165) is 24.9 Å². The molecule has 0 spiro atoms. The number of tetrazole rings is 1. The van der Waals surface area contributed by atoms with Crippen LogP contribution in [0.2, 0.25) is 0 Å². The molecular weight excluding hydrogens is 318 g/mol. The summed E-state index contributed by atoms with van der Waals surface area (Å²) in [7, 11) is 0. The van der Waals surface area contributed by atoms with Gasteiger partial charge in [-0.25, -0.2) is 4.68 Å². The molecule has 1 aromatic carbocycles. The molecule has 3 saturated carbocycles. The van der Waals surface area contributed by atoms with Crippen molar-refractivity contribution in [3.63, 3.8) is 0 Å². The molecule has 130 valence electrons. The first kappa shape index (κ1) is 14.9. The van der Waals surface area contributed by atoms with Gasteiger partial charge < -0.3 is 10.0 Å². The summed E-state index contributed by atoms with van der Waals surface area (Å²) in [5.74, 6) is 2.84. The molecule has 1 aliphatic heterocycles. The average Bonchev–Trinajstić information content (AvgIpc) is 3.32. The van der Waals surface area contributed by atoms with E-state index in [0.29, 0.717) is 23.1 Å². The third kappa shape index (κ3) is 2.33. The van der Waals surface area contributed by atoms with Gasteiger partial charge in [0.25, 0.3) is 5.91 Å². The summed E-state index contributed by atoms with van der Waals surface area (Å²) >= 11 is 0. The molecule has 1 saturated heterocycles. The Bertz CT molecular complexity index is 778. The lowest BCUT2D eigenvalue weighted by atomic mass is 9.60. The molecule has 2 aromatic rings. The van der Waals surface area contributed by atoms with Gasteiger partial charge in [0.1, 0.15) is 12.1 Å². The molecule has 6 rings (SSSR count). The van der Waals surface area contributed by atoms with Crippen LogP contribution in [0, 0.1) is 23.7 Å². The van der Waals surface area contributed by atoms with E-state index in [1.54, 1.807) is 12.1 Å². The Hall–Kier alpha value is -2.44. The molecule has 25 heavy (non-hydrogen) atoms. The quantitative estimate of drug-likeness (QED) is 0.903. The van der Waals surface area contributed by atoms with Crippen molar-refractivity contribution in [2.75, 3.05) is 13.1 Å². The van der Waals surface area contributed by atoms with Crippen molar-refractivity contribution in [1.29, 1.82) is 0 Å². The van der Waals surface area contributed by atoms with Gasteiger partial charge in [-0.05, 0) is 71.9 Å². The summed E-state index contributed by atoms with van der Waals surface area (Å²) in [6, 6.07) is 4.97. The Balaban J connectivity index is 1.38. The van der Waals surface area contributed by atoms with Crippen molar-refractivity contribution < 1.29 is 9.90 Å². The number of phenolic OH excluding ortho intramolecular Hbond substituents is 1. The molecule has 1 aromatic heterocycles. The van der Waals surface area contributed by atoms with Crippen LogP contribution in [-0.2, 0) is 0 Å². The van der Waals surface area contributed by atoms with Crippen LogP contribution >= 0.6 is 0 Å². The average molecular weight is 339 g/mol. The maximum Gasteiger partial charge on any atom is 0.257 e. The SMILES string of the molecule is O=C(c1ccc(-n2cnnn2)cc1O)N1C[C@@H]2C3CCC(CC3)[C@@H]2C1. The number of hydrogen-bond acceptors (Lipinski definition) is 5. The number of hydrogen-bond donors (Lipinski definition) is 1. The predicted octanol–water partition coefficient (Wildman–Crippen LogP) is 1.88. The molecule has 3 aliphatic carbocycles. The normalized spacial score (nSPS) is 30.5. The maximum atomic E-state index is 13.0. The standard InChI is InChI=1S/C18H21N5O2/c24-17-7-13(23-10-19-20-21-23)5-6-14(17)18(25)22-8-15-11-1-2-12(4-3-11)16(15)9-22/h5-7,10-12,15-16,24H,1-4,8-9H2/t11?,12?,15-,16+. The van der Waals surface area contributed by atoms with Gasteiger partial charge in [-0.3, -0.25) is 4.79 Å². The van der Waals surface area contributed by atoms with E-state index in [-0.39, 0.29) is 11.7 Å². The first-order chi connectivity index (χ1) is 12.2. The Morgan fingerprint density at radius 2 is 1.76 bits per heavy atom. The fourth-order valence-electron chi connectivity index (χ4n) is 5.31. The second-order valence-electron chi connectivity index (χ2n) is 7.67. The molecule has 7 heteroatoms. The lowest BCUT2D eigenvalue weighted by Crippen LogP contribution is -2.38.